The fourth-order valence-electron chi connectivity index (χ4n) is 2.24. The van der Waals surface area contributed by atoms with Gasteiger partial charge in [-0.2, -0.15) is 0 Å². The molecule has 0 aliphatic rings. The van der Waals surface area contributed by atoms with Gasteiger partial charge in [0.1, 0.15) is 5.76 Å². The first-order valence-electron chi connectivity index (χ1n) is 6.76. The zero-order chi connectivity index (χ0) is 15.7. The van der Waals surface area contributed by atoms with Crippen molar-refractivity contribution in [3.05, 3.63) is 60.6 Å². The van der Waals surface area contributed by atoms with E-state index < -0.39 is 9.84 Å². The monoisotopic (exact) mass is 313 g/mol. The SMILES string of the molecule is Cc1ccc(-c2occc2-c2ccc(S(C)(=O)=O)cc2)cn1. The molecule has 0 aliphatic heterocycles. The van der Waals surface area contributed by atoms with Gasteiger partial charge in [-0.25, -0.2) is 8.42 Å². The second-order valence-corrected chi connectivity index (χ2v) is 7.16. The number of aryl methyl sites for hydroxylation is 1. The van der Waals surface area contributed by atoms with E-state index in [0.29, 0.717) is 4.90 Å². The standard InChI is InChI=1S/C17H15NO3S/c1-12-3-4-14(11-18-12)17-16(9-10-21-17)13-5-7-15(8-6-13)22(2,19)20/h3-11H,1-2H3. The number of furan rings is 1. The van der Waals surface area contributed by atoms with Crippen molar-refractivity contribution in [2.24, 2.45) is 0 Å². The summed E-state index contributed by atoms with van der Waals surface area (Å²) in [5.74, 6) is 0.722. The largest absolute Gasteiger partial charge is 0.464 e. The zero-order valence-electron chi connectivity index (χ0n) is 12.3. The van der Waals surface area contributed by atoms with Gasteiger partial charge in [0.2, 0.25) is 0 Å². The highest BCUT2D eigenvalue weighted by Gasteiger charge is 2.13. The summed E-state index contributed by atoms with van der Waals surface area (Å²) >= 11 is 0. The third-order valence-corrected chi connectivity index (χ3v) is 4.56. The summed E-state index contributed by atoms with van der Waals surface area (Å²) in [5, 5.41) is 0. The van der Waals surface area contributed by atoms with E-state index in [1.165, 1.54) is 6.26 Å². The van der Waals surface area contributed by atoms with Crippen LogP contribution in [0.4, 0.5) is 0 Å². The number of nitrogens with zero attached hydrogens (tertiary/aromatic N) is 1. The highest BCUT2D eigenvalue weighted by Crippen LogP contribution is 2.33. The van der Waals surface area contributed by atoms with Crippen molar-refractivity contribution < 1.29 is 12.8 Å². The molecule has 0 amide bonds. The van der Waals surface area contributed by atoms with Crippen LogP contribution in [0.25, 0.3) is 22.5 Å². The van der Waals surface area contributed by atoms with Gasteiger partial charge in [0.05, 0.1) is 11.2 Å². The number of rotatable bonds is 3. The molecule has 3 aromatic rings. The number of sulfone groups is 1. The lowest BCUT2D eigenvalue weighted by Crippen LogP contribution is -1.96. The predicted molar refractivity (Wildman–Crippen MR) is 85.2 cm³/mol. The zero-order valence-corrected chi connectivity index (χ0v) is 13.1. The molecule has 2 aromatic heterocycles. The molecule has 112 valence electrons. The molecule has 3 rings (SSSR count). The molecular formula is C17H15NO3S. The maximum absolute atomic E-state index is 11.5. The van der Waals surface area contributed by atoms with Gasteiger partial charge in [-0.05, 0) is 42.8 Å². The van der Waals surface area contributed by atoms with Crippen LogP contribution in [0, 0.1) is 6.92 Å². The third-order valence-electron chi connectivity index (χ3n) is 3.43. The Bertz CT molecular complexity index is 892. The Hall–Kier alpha value is -2.40. The van der Waals surface area contributed by atoms with Gasteiger partial charge in [0, 0.05) is 29.3 Å². The highest BCUT2D eigenvalue weighted by molar-refractivity contribution is 7.90. The quantitative estimate of drug-likeness (QED) is 0.739. The Kier molecular flexibility index (Phi) is 3.58. The van der Waals surface area contributed by atoms with Crippen LogP contribution in [0.15, 0.2) is 64.2 Å². The molecule has 1 aromatic carbocycles. The summed E-state index contributed by atoms with van der Waals surface area (Å²) in [6.07, 6.45) is 4.58. The van der Waals surface area contributed by atoms with Crippen molar-refractivity contribution in [2.45, 2.75) is 11.8 Å². The Morgan fingerprint density at radius 2 is 1.64 bits per heavy atom. The predicted octanol–water partition coefficient (Wildman–Crippen LogP) is 3.72. The van der Waals surface area contributed by atoms with E-state index in [4.69, 9.17) is 4.42 Å². The minimum Gasteiger partial charge on any atom is -0.464 e. The molecule has 0 radical (unpaired) electrons. The van der Waals surface area contributed by atoms with E-state index in [2.05, 4.69) is 4.98 Å². The van der Waals surface area contributed by atoms with Crippen LogP contribution in [0.3, 0.4) is 0 Å². The van der Waals surface area contributed by atoms with Crippen LogP contribution in [0.5, 0.6) is 0 Å². The van der Waals surface area contributed by atoms with Gasteiger partial charge in [-0.3, -0.25) is 4.98 Å². The van der Waals surface area contributed by atoms with E-state index in [-0.39, 0.29) is 0 Å². The fraction of sp³-hybridized carbons (Fsp3) is 0.118. The van der Waals surface area contributed by atoms with Gasteiger partial charge < -0.3 is 4.42 Å². The molecule has 0 N–H and O–H groups in total. The first kappa shape index (κ1) is 14.5. The van der Waals surface area contributed by atoms with E-state index in [1.807, 2.05) is 25.1 Å². The Morgan fingerprint density at radius 3 is 2.23 bits per heavy atom. The molecule has 22 heavy (non-hydrogen) atoms. The summed E-state index contributed by atoms with van der Waals surface area (Å²) in [6.45, 7) is 1.93. The molecule has 0 spiro atoms. The Morgan fingerprint density at radius 1 is 0.955 bits per heavy atom. The summed E-state index contributed by atoms with van der Waals surface area (Å²) in [7, 11) is -3.19. The van der Waals surface area contributed by atoms with Crippen LogP contribution < -0.4 is 0 Å². The van der Waals surface area contributed by atoms with Crippen molar-refractivity contribution in [3.63, 3.8) is 0 Å². The summed E-state index contributed by atoms with van der Waals surface area (Å²) < 4.78 is 28.6. The van der Waals surface area contributed by atoms with Crippen LogP contribution in [0.1, 0.15) is 5.69 Å². The van der Waals surface area contributed by atoms with Gasteiger partial charge in [-0.1, -0.05) is 12.1 Å². The van der Waals surface area contributed by atoms with Crippen LogP contribution >= 0.6 is 0 Å². The van der Waals surface area contributed by atoms with E-state index in [9.17, 15) is 8.42 Å². The average molecular weight is 313 g/mol. The van der Waals surface area contributed by atoms with Crippen molar-refractivity contribution >= 4 is 9.84 Å². The van der Waals surface area contributed by atoms with E-state index in [0.717, 1.165) is 28.1 Å². The van der Waals surface area contributed by atoms with Gasteiger partial charge >= 0.3 is 0 Å². The van der Waals surface area contributed by atoms with E-state index in [1.54, 1.807) is 36.7 Å². The highest BCUT2D eigenvalue weighted by atomic mass is 32.2. The van der Waals surface area contributed by atoms with Crippen molar-refractivity contribution in [1.29, 1.82) is 0 Å². The molecule has 5 heteroatoms. The normalized spacial score (nSPS) is 11.5. The van der Waals surface area contributed by atoms with Gasteiger partial charge in [0.15, 0.2) is 9.84 Å². The second-order valence-electron chi connectivity index (χ2n) is 5.15. The molecular weight excluding hydrogens is 298 g/mol. The van der Waals surface area contributed by atoms with Crippen molar-refractivity contribution in [3.8, 4) is 22.5 Å². The second kappa shape index (κ2) is 5.42. The summed E-state index contributed by atoms with van der Waals surface area (Å²) in [4.78, 5) is 4.58. The lowest BCUT2D eigenvalue weighted by Gasteiger charge is -2.05. The maximum atomic E-state index is 11.5. The third kappa shape index (κ3) is 2.80. The fourth-order valence-corrected chi connectivity index (χ4v) is 2.87. The molecule has 0 fully saturated rings. The van der Waals surface area contributed by atoms with Crippen molar-refractivity contribution in [1.82, 2.24) is 4.98 Å². The molecule has 0 bridgehead atoms. The lowest BCUT2D eigenvalue weighted by molar-refractivity contribution is 0.582. The maximum Gasteiger partial charge on any atom is 0.175 e. The molecule has 4 nitrogen and oxygen atoms in total. The Labute approximate surface area is 129 Å². The molecule has 0 unspecified atom stereocenters. The number of aromatic nitrogens is 1. The number of pyridine rings is 1. The minimum atomic E-state index is -3.19. The van der Waals surface area contributed by atoms with Crippen molar-refractivity contribution in [2.75, 3.05) is 6.26 Å². The van der Waals surface area contributed by atoms with Crippen LogP contribution in [-0.4, -0.2) is 19.7 Å². The topological polar surface area (TPSA) is 60.2 Å². The smallest absolute Gasteiger partial charge is 0.175 e. The van der Waals surface area contributed by atoms with Crippen LogP contribution in [0.2, 0.25) is 0 Å². The number of hydrogen-bond donors (Lipinski definition) is 0. The lowest BCUT2D eigenvalue weighted by atomic mass is 10.0. The Balaban J connectivity index is 2.03. The van der Waals surface area contributed by atoms with Crippen LogP contribution in [-0.2, 0) is 9.84 Å². The minimum absolute atomic E-state index is 0.304. The summed E-state index contributed by atoms with van der Waals surface area (Å²) in [6, 6.07) is 12.5. The van der Waals surface area contributed by atoms with E-state index >= 15 is 0 Å². The average Bonchev–Trinajstić information content (AvgIpc) is 2.97. The first-order valence-corrected chi connectivity index (χ1v) is 8.65. The molecule has 0 atom stereocenters. The number of benzene rings is 1. The molecule has 0 aliphatic carbocycles. The number of hydrogen-bond acceptors (Lipinski definition) is 4. The summed E-state index contributed by atoms with van der Waals surface area (Å²) in [5.41, 5.74) is 3.63. The molecule has 2 heterocycles. The van der Waals surface area contributed by atoms with Gasteiger partial charge in [0.25, 0.3) is 0 Å². The van der Waals surface area contributed by atoms with Gasteiger partial charge in [-0.15, -0.1) is 0 Å². The first-order chi connectivity index (χ1) is 10.4. The molecule has 0 saturated carbocycles. The molecule has 0 saturated heterocycles.